The fourth-order valence-corrected chi connectivity index (χ4v) is 2.70. The van der Waals surface area contributed by atoms with E-state index in [0.29, 0.717) is 11.3 Å². The minimum Gasteiger partial charge on any atom is -0.398 e. The number of nitrogens with two attached hydrogens (primary N) is 1. The molecule has 0 spiro atoms. The van der Waals surface area contributed by atoms with Crippen LogP contribution in [0.2, 0.25) is 0 Å². The van der Waals surface area contributed by atoms with Gasteiger partial charge in [0.15, 0.2) is 0 Å². The summed E-state index contributed by atoms with van der Waals surface area (Å²) in [5.41, 5.74) is 7.02. The monoisotopic (exact) mass is 272 g/mol. The number of hydrogen-bond acceptors (Lipinski definition) is 3. The zero-order chi connectivity index (χ0) is 11.4. The summed E-state index contributed by atoms with van der Waals surface area (Å²) in [4.78, 5) is 14.1. The van der Waals surface area contributed by atoms with Gasteiger partial charge in [0, 0.05) is 24.5 Å². The lowest BCUT2D eigenvalue weighted by atomic mass is 10.1. The van der Waals surface area contributed by atoms with Gasteiger partial charge in [-0.3, -0.25) is 4.79 Å². The summed E-state index contributed by atoms with van der Waals surface area (Å²) in [6.45, 7) is 1.68. The van der Waals surface area contributed by atoms with E-state index in [1.165, 1.54) is 0 Å². The third-order valence-corrected chi connectivity index (χ3v) is 3.75. The molecule has 3 nitrogen and oxygen atoms in total. The molecule has 0 radical (unpaired) electrons. The van der Waals surface area contributed by atoms with Crippen molar-refractivity contribution in [2.75, 3.05) is 30.3 Å². The van der Waals surface area contributed by atoms with Crippen LogP contribution in [0.25, 0.3) is 0 Å². The Labute approximate surface area is 112 Å². The summed E-state index contributed by atoms with van der Waals surface area (Å²) in [7, 11) is 0. The molecule has 0 bridgehead atoms. The molecule has 1 amide bonds. The first-order valence-corrected chi connectivity index (χ1v) is 6.66. The van der Waals surface area contributed by atoms with Crippen molar-refractivity contribution in [2.45, 2.75) is 6.42 Å². The molecule has 2 rings (SSSR count). The summed E-state index contributed by atoms with van der Waals surface area (Å²) < 4.78 is 0. The number of nitrogens with zero attached hydrogens (tertiary/aromatic N) is 1. The second kappa shape index (κ2) is 6.77. The van der Waals surface area contributed by atoms with Gasteiger partial charge in [0.05, 0.1) is 5.56 Å². The molecule has 1 aromatic carbocycles. The largest absolute Gasteiger partial charge is 0.398 e. The molecule has 1 heterocycles. The number of benzene rings is 1. The summed E-state index contributed by atoms with van der Waals surface area (Å²) in [6, 6.07) is 7.29. The Kier molecular flexibility index (Phi) is 5.65. The number of hydrogen-bond donors (Lipinski definition) is 1. The van der Waals surface area contributed by atoms with Crippen molar-refractivity contribution < 1.29 is 4.79 Å². The van der Waals surface area contributed by atoms with E-state index in [1.54, 1.807) is 12.1 Å². The summed E-state index contributed by atoms with van der Waals surface area (Å²) >= 11 is 1.91. The highest BCUT2D eigenvalue weighted by atomic mass is 35.5. The normalized spacial score (nSPS) is 15.9. The van der Waals surface area contributed by atoms with Gasteiger partial charge in [-0.2, -0.15) is 11.8 Å². The maximum absolute atomic E-state index is 12.2. The van der Waals surface area contributed by atoms with Crippen LogP contribution in [-0.2, 0) is 0 Å². The number of carbonyl (C=O) groups excluding carboxylic acids is 1. The molecule has 5 heteroatoms. The van der Waals surface area contributed by atoms with Crippen LogP contribution >= 0.6 is 24.2 Å². The number of rotatable bonds is 1. The van der Waals surface area contributed by atoms with Gasteiger partial charge < -0.3 is 10.6 Å². The van der Waals surface area contributed by atoms with Crippen molar-refractivity contribution in [1.29, 1.82) is 0 Å². The molecule has 1 fully saturated rings. The third-order valence-electron chi connectivity index (χ3n) is 2.70. The summed E-state index contributed by atoms with van der Waals surface area (Å²) in [5, 5.41) is 0. The Morgan fingerprint density at radius 3 is 2.76 bits per heavy atom. The molecule has 17 heavy (non-hydrogen) atoms. The van der Waals surface area contributed by atoms with Crippen LogP contribution in [0, 0.1) is 0 Å². The van der Waals surface area contributed by atoms with Gasteiger partial charge >= 0.3 is 0 Å². The number of nitrogen functional groups attached to an aromatic ring is 1. The Morgan fingerprint density at radius 1 is 1.24 bits per heavy atom. The number of thioether (sulfide) groups is 1. The fraction of sp³-hybridized carbons (Fsp3) is 0.417. The predicted molar refractivity (Wildman–Crippen MR) is 75.9 cm³/mol. The molecule has 0 atom stereocenters. The molecule has 2 N–H and O–H groups in total. The van der Waals surface area contributed by atoms with E-state index in [-0.39, 0.29) is 18.3 Å². The zero-order valence-electron chi connectivity index (χ0n) is 9.59. The van der Waals surface area contributed by atoms with Crippen molar-refractivity contribution >= 4 is 35.8 Å². The lowest BCUT2D eigenvalue weighted by Gasteiger charge is -2.20. The molecule has 94 valence electrons. The van der Waals surface area contributed by atoms with Crippen molar-refractivity contribution in [3.8, 4) is 0 Å². The van der Waals surface area contributed by atoms with Gasteiger partial charge in [0.2, 0.25) is 0 Å². The van der Waals surface area contributed by atoms with Gasteiger partial charge in [0.25, 0.3) is 5.91 Å². The molecule has 0 aliphatic carbocycles. The lowest BCUT2D eigenvalue weighted by molar-refractivity contribution is 0.0769. The number of para-hydroxylation sites is 1. The van der Waals surface area contributed by atoms with Crippen LogP contribution in [0.15, 0.2) is 24.3 Å². The van der Waals surface area contributed by atoms with Crippen LogP contribution in [0.5, 0.6) is 0 Å². The van der Waals surface area contributed by atoms with E-state index in [2.05, 4.69) is 0 Å². The van der Waals surface area contributed by atoms with E-state index >= 15 is 0 Å². The number of halogens is 1. The average molecular weight is 273 g/mol. The van der Waals surface area contributed by atoms with Gasteiger partial charge in [-0.05, 0) is 24.3 Å². The Balaban J connectivity index is 0.00000144. The fourth-order valence-electron chi connectivity index (χ4n) is 1.81. The van der Waals surface area contributed by atoms with E-state index < -0.39 is 0 Å². The number of carbonyl (C=O) groups is 1. The number of amides is 1. The van der Waals surface area contributed by atoms with Gasteiger partial charge in [-0.15, -0.1) is 12.4 Å². The Bertz CT molecular complexity index is 379. The highest BCUT2D eigenvalue weighted by molar-refractivity contribution is 7.99. The topological polar surface area (TPSA) is 46.3 Å². The highest BCUT2D eigenvalue weighted by Crippen LogP contribution is 2.16. The van der Waals surface area contributed by atoms with Crippen LogP contribution in [0.1, 0.15) is 16.8 Å². The highest BCUT2D eigenvalue weighted by Gasteiger charge is 2.18. The van der Waals surface area contributed by atoms with Crippen molar-refractivity contribution in [2.24, 2.45) is 0 Å². The first-order valence-electron chi connectivity index (χ1n) is 5.50. The molecule has 1 aromatic rings. The summed E-state index contributed by atoms with van der Waals surface area (Å²) in [5.74, 6) is 2.24. The van der Waals surface area contributed by atoms with E-state index in [0.717, 1.165) is 31.0 Å². The predicted octanol–water partition coefficient (Wildman–Crippen LogP) is 2.27. The van der Waals surface area contributed by atoms with Gasteiger partial charge in [0.1, 0.15) is 0 Å². The molecule has 1 aliphatic rings. The second-order valence-electron chi connectivity index (χ2n) is 3.85. The standard InChI is InChI=1S/C12H16N2OS.ClH/c13-11-5-2-1-4-10(11)12(15)14-6-3-8-16-9-7-14;/h1-2,4-5H,3,6-9,13H2;1H. The first-order chi connectivity index (χ1) is 7.79. The van der Waals surface area contributed by atoms with E-state index in [1.807, 2.05) is 28.8 Å². The SMILES string of the molecule is Cl.Nc1ccccc1C(=O)N1CCCSCC1. The molecular weight excluding hydrogens is 256 g/mol. The van der Waals surface area contributed by atoms with Gasteiger partial charge in [-0.1, -0.05) is 12.1 Å². The van der Waals surface area contributed by atoms with E-state index in [4.69, 9.17) is 5.73 Å². The van der Waals surface area contributed by atoms with Crippen LogP contribution in [0.4, 0.5) is 5.69 Å². The quantitative estimate of drug-likeness (QED) is 0.798. The maximum Gasteiger partial charge on any atom is 0.255 e. The van der Waals surface area contributed by atoms with Crippen LogP contribution in [0.3, 0.4) is 0 Å². The molecule has 0 saturated carbocycles. The molecule has 1 saturated heterocycles. The van der Waals surface area contributed by atoms with E-state index in [9.17, 15) is 4.79 Å². The maximum atomic E-state index is 12.2. The second-order valence-corrected chi connectivity index (χ2v) is 5.07. The minimum absolute atomic E-state index is 0. The Hall–Kier alpha value is -0.870. The number of anilines is 1. The Morgan fingerprint density at radius 2 is 2.00 bits per heavy atom. The van der Waals surface area contributed by atoms with Crippen molar-refractivity contribution in [3.63, 3.8) is 0 Å². The average Bonchev–Trinajstić information content (AvgIpc) is 2.57. The molecule has 0 unspecified atom stereocenters. The smallest absolute Gasteiger partial charge is 0.255 e. The molecule has 1 aliphatic heterocycles. The minimum atomic E-state index is 0. The zero-order valence-corrected chi connectivity index (χ0v) is 11.2. The van der Waals surface area contributed by atoms with Gasteiger partial charge in [-0.25, -0.2) is 0 Å². The lowest BCUT2D eigenvalue weighted by Crippen LogP contribution is -2.33. The van der Waals surface area contributed by atoms with Crippen LogP contribution < -0.4 is 5.73 Å². The first kappa shape index (κ1) is 14.2. The van der Waals surface area contributed by atoms with Crippen molar-refractivity contribution in [3.05, 3.63) is 29.8 Å². The molecule has 0 aromatic heterocycles. The van der Waals surface area contributed by atoms with Crippen molar-refractivity contribution in [1.82, 2.24) is 4.90 Å². The summed E-state index contributed by atoms with van der Waals surface area (Å²) in [6.07, 6.45) is 1.07. The third kappa shape index (κ3) is 3.54. The van der Waals surface area contributed by atoms with Crippen LogP contribution in [-0.4, -0.2) is 35.4 Å². The molecular formula is C12H17ClN2OS.